The van der Waals surface area contributed by atoms with Gasteiger partial charge >= 0.3 is 6.18 Å². The Morgan fingerprint density at radius 2 is 1.95 bits per heavy atom. The highest BCUT2D eigenvalue weighted by Crippen LogP contribution is 2.30. The first-order chi connectivity index (χ1) is 9.93. The number of hydrogen-bond donors (Lipinski definition) is 1. The van der Waals surface area contributed by atoms with Crippen molar-refractivity contribution in [1.82, 2.24) is 9.38 Å². The van der Waals surface area contributed by atoms with Gasteiger partial charge in [-0.15, -0.1) is 0 Å². The van der Waals surface area contributed by atoms with E-state index in [0.717, 1.165) is 12.1 Å². The molecule has 0 bridgehead atoms. The van der Waals surface area contributed by atoms with Gasteiger partial charge < -0.3 is 9.51 Å². The molecule has 2 aromatic heterocycles. The number of alkyl halides is 3. The fourth-order valence-electron chi connectivity index (χ4n) is 2.21. The van der Waals surface area contributed by atoms with Gasteiger partial charge in [0, 0.05) is 18.7 Å². The smallest absolute Gasteiger partial charge is 0.416 e. The average molecular weight is 292 g/mol. The zero-order valence-electron chi connectivity index (χ0n) is 10.8. The molecule has 0 fully saturated rings. The Labute approximate surface area is 118 Å². The van der Waals surface area contributed by atoms with Crippen LogP contribution in [-0.2, 0) is 12.6 Å². The fraction of sp³-hybridized carbons (Fsp3) is 0.133. The number of benzene rings is 1. The normalized spacial score (nSPS) is 12.0. The molecule has 0 saturated carbocycles. The predicted molar refractivity (Wildman–Crippen MR) is 71.1 cm³/mol. The lowest BCUT2D eigenvalue weighted by Gasteiger charge is -2.08. The quantitative estimate of drug-likeness (QED) is 0.783. The third-order valence-corrected chi connectivity index (χ3v) is 3.21. The molecule has 1 aromatic carbocycles. The summed E-state index contributed by atoms with van der Waals surface area (Å²) in [5, 5.41) is 9.39. The zero-order chi connectivity index (χ0) is 15.0. The van der Waals surface area contributed by atoms with Crippen molar-refractivity contribution in [3.05, 3.63) is 65.7 Å². The number of imidazole rings is 1. The van der Waals surface area contributed by atoms with Gasteiger partial charge in [-0.25, -0.2) is 4.98 Å². The molecule has 3 rings (SSSR count). The molecule has 0 saturated heterocycles. The van der Waals surface area contributed by atoms with Crippen molar-refractivity contribution in [1.29, 1.82) is 0 Å². The Bertz CT molecular complexity index is 793. The minimum Gasteiger partial charge on any atom is -0.508 e. The van der Waals surface area contributed by atoms with Gasteiger partial charge in [-0.3, -0.25) is 0 Å². The zero-order valence-corrected chi connectivity index (χ0v) is 10.8. The summed E-state index contributed by atoms with van der Waals surface area (Å²) in [6.45, 7) is 0. The van der Waals surface area contributed by atoms with Gasteiger partial charge in [0.1, 0.15) is 11.6 Å². The lowest BCUT2D eigenvalue weighted by atomic mass is 10.1. The van der Waals surface area contributed by atoms with Crippen molar-refractivity contribution in [2.75, 3.05) is 0 Å². The van der Waals surface area contributed by atoms with E-state index in [0.29, 0.717) is 16.9 Å². The molecule has 3 aromatic rings. The maximum Gasteiger partial charge on any atom is 0.416 e. The van der Waals surface area contributed by atoms with E-state index < -0.39 is 11.7 Å². The van der Waals surface area contributed by atoms with E-state index in [1.165, 1.54) is 12.1 Å². The van der Waals surface area contributed by atoms with Gasteiger partial charge in [0.15, 0.2) is 0 Å². The molecule has 0 amide bonds. The highest BCUT2D eigenvalue weighted by molar-refractivity contribution is 5.50. The van der Waals surface area contributed by atoms with Gasteiger partial charge in [-0.05, 0) is 17.7 Å². The largest absolute Gasteiger partial charge is 0.508 e. The van der Waals surface area contributed by atoms with Crippen molar-refractivity contribution < 1.29 is 18.3 Å². The van der Waals surface area contributed by atoms with Crippen molar-refractivity contribution in [2.45, 2.75) is 12.6 Å². The van der Waals surface area contributed by atoms with Gasteiger partial charge in [-0.2, -0.15) is 13.2 Å². The minimum atomic E-state index is -4.35. The van der Waals surface area contributed by atoms with Gasteiger partial charge in [-0.1, -0.05) is 18.2 Å². The van der Waals surface area contributed by atoms with E-state index in [2.05, 4.69) is 4.98 Å². The molecule has 3 nitrogen and oxygen atoms in total. The summed E-state index contributed by atoms with van der Waals surface area (Å²) in [7, 11) is 0. The van der Waals surface area contributed by atoms with Crippen LogP contribution in [0.2, 0.25) is 0 Å². The van der Waals surface area contributed by atoms with E-state index in [-0.39, 0.29) is 12.2 Å². The molecular formula is C15H11F3N2O. The molecule has 0 atom stereocenters. The topological polar surface area (TPSA) is 37.5 Å². The maximum absolute atomic E-state index is 12.7. The third-order valence-electron chi connectivity index (χ3n) is 3.21. The standard InChI is InChI=1S/C15H11F3N2O/c16-15(17,18)11-3-1-2-10(6-11)7-14-19-9-12-8-13(21)4-5-20(12)14/h1-6,8-9,21H,7H2. The van der Waals surface area contributed by atoms with E-state index in [4.69, 9.17) is 0 Å². The maximum atomic E-state index is 12.7. The Morgan fingerprint density at radius 1 is 1.14 bits per heavy atom. The van der Waals surface area contributed by atoms with Crippen LogP contribution < -0.4 is 0 Å². The first-order valence-electron chi connectivity index (χ1n) is 6.24. The molecule has 0 aliphatic heterocycles. The van der Waals surface area contributed by atoms with Crippen LogP contribution >= 0.6 is 0 Å². The number of rotatable bonds is 2. The number of nitrogens with zero attached hydrogens (tertiary/aromatic N) is 2. The summed E-state index contributed by atoms with van der Waals surface area (Å²) < 4.78 is 39.8. The molecular weight excluding hydrogens is 281 g/mol. The molecule has 0 aliphatic rings. The lowest BCUT2D eigenvalue weighted by molar-refractivity contribution is -0.137. The summed E-state index contributed by atoms with van der Waals surface area (Å²) >= 11 is 0. The van der Waals surface area contributed by atoms with Gasteiger partial charge in [0.05, 0.1) is 17.3 Å². The first-order valence-corrected chi connectivity index (χ1v) is 6.24. The number of aromatic nitrogens is 2. The average Bonchev–Trinajstić information content (AvgIpc) is 2.80. The number of halogens is 3. The molecule has 0 radical (unpaired) electrons. The Kier molecular flexibility index (Phi) is 3.08. The van der Waals surface area contributed by atoms with Crippen LogP contribution in [0.25, 0.3) is 5.52 Å². The Balaban J connectivity index is 1.95. The van der Waals surface area contributed by atoms with E-state index in [9.17, 15) is 18.3 Å². The van der Waals surface area contributed by atoms with Gasteiger partial charge in [0.2, 0.25) is 0 Å². The second-order valence-corrected chi connectivity index (χ2v) is 4.73. The molecule has 0 unspecified atom stereocenters. The number of aromatic hydroxyl groups is 1. The van der Waals surface area contributed by atoms with Crippen molar-refractivity contribution >= 4 is 5.52 Å². The lowest BCUT2D eigenvalue weighted by Crippen LogP contribution is -2.05. The molecule has 108 valence electrons. The number of fused-ring (bicyclic) bond motifs is 1. The molecule has 21 heavy (non-hydrogen) atoms. The van der Waals surface area contributed by atoms with Crippen LogP contribution in [0.4, 0.5) is 13.2 Å². The van der Waals surface area contributed by atoms with E-state index >= 15 is 0 Å². The summed E-state index contributed by atoms with van der Waals surface area (Å²) in [6, 6.07) is 8.25. The van der Waals surface area contributed by atoms with Crippen LogP contribution in [-0.4, -0.2) is 14.5 Å². The summed E-state index contributed by atoms with van der Waals surface area (Å²) in [6.07, 6.45) is -0.859. The van der Waals surface area contributed by atoms with Crippen LogP contribution in [0.1, 0.15) is 17.0 Å². The number of pyridine rings is 1. The molecule has 1 N–H and O–H groups in total. The highest BCUT2D eigenvalue weighted by Gasteiger charge is 2.30. The number of hydrogen-bond acceptors (Lipinski definition) is 2. The predicted octanol–water partition coefficient (Wildman–Crippen LogP) is 3.65. The van der Waals surface area contributed by atoms with Crippen LogP contribution in [0.3, 0.4) is 0 Å². The highest BCUT2D eigenvalue weighted by atomic mass is 19.4. The third kappa shape index (κ3) is 2.69. The minimum absolute atomic E-state index is 0.119. The SMILES string of the molecule is Oc1ccn2c(Cc3cccc(C(F)(F)F)c3)ncc2c1. The Morgan fingerprint density at radius 3 is 2.71 bits per heavy atom. The van der Waals surface area contributed by atoms with Crippen molar-refractivity contribution in [3.63, 3.8) is 0 Å². The second kappa shape index (κ2) is 4.80. The molecule has 2 heterocycles. The summed E-state index contributed by atoms with van der Waals surface area (Å²) in [5.74, 6) is 0.734. The van der Waals surface area contributed by atoms with Crippen LogP contribution in [0.15, 0.2) is 48.8 Å². The fourth-order valence-corrected chi connectivity index (χ4v) is 2.21. The molecule has 0 aliphatic carbocycles. The van der Waals surface area contributed by atoms with E-state index in [1.54, 1.807) is 28.9 Å². The van der Waals surface area contributed by atoms with Crippen molar-refractivity contribution in [2.24, 2.45) is 0 Å². The monoisotopic (exact) mass is 292 g/mol. The van der Waals surface area contributed by atoms with E-state index in [1.807, 2.05) is 0 Å². The van der Waals surface area contributed by atoms with Gasteiger partial charge in [0.25, 0.3) is 0 Å². The molecule has 0 spiro atoms. The van der Waals surface area contributed by atoms with Crippen LogP contribution in [0, 0.1) is 0 Å². The Hall–Kier alpha value is -2.50. The summed E-state index contributed by atoms with van der Waals surface area (Å²) in [5.41, 5.74) is 0.556. The van der Waals surface area contributed by atoms with Crippen LogP contribution in [0.5, 0.6) is 5.75 Å². The van der Waals surface area contributed by atoms with Crippen molar-refractivity contribution in [3.8, 4) is 5.75 Å². The second-order valence-electron chi connectivity index (χ2n) is 4.73. The summed E-state index contributed by atoms with van der Waals surface area (Å²) in [4.78, 5) is 4.19. The molecule has 6 heteroatoms. The first kappa shape index (κ1) is 13.5.